The minimum Gasteiger partial charge on any atom is -0.271 e. The summed E-state index contributed by atoms with van der Waals surface area (Å²) in [5.74, 6) is 2.42. The average molecular weight is 330 g/mol. The third kappa shape index (κ3) is 4.43. The van der Waals surface area contributed by atoms with Crippen LogP contribution in [0, 0.1) is 0 Å². The molecule has 0 saturated carbocycles. The van der Waals surface area contributed by atoms with Gasteiger partial charge in [0.25, 0.3) is 5.56 Å². The number of nitrogens with zero attached hydrogens (tertiary/aromatic N) is 1. The van der Waals surface area contributed by atoms with E-state index in [0.29, 0.717) is 0 Å². The van der Waals surface area contributed by atoms with Crippen LogP contribution >= 0.6 is 35.1 Å². The van der Waals surface area contributed by atoms with Gasteiger partial charge >= 0.3 is 5.69 Å². The molecule has 1 heterocycles. The third-order valence-electron chi connectivity index (χ3n) is 2.36. The molecular formula is C12H12ClN3O2S2. The minimum atomic E-state index is -0.590. The molecule has 0 amide bonds. The first-order valence-electron chi connectivity index (χ1n) is 5.80. The molecule has 0 unspecified atom stereocenters. The lowest BCUT2D eigenvalue weighted by atomic mass is 10.2. The van der Waals surface area contributed by atoms with E-state index in [-0.39, 0.29) is 5.03 Å². The molecular weight excluding hydrogens is 318 g/mol. The first-order valence-corrected chi connectivity index (χ1v) is 8.31. The van der Waals surface area contributed by atoms with Gasteiger partial charge in [-0.15, -0.1) is 0 Å². The molecule has 20 heavy (non-hydrogen) atoms. The molecule has 2 N–H and O–H groups in total. The number of hydrogen-bond acceptors (Lipinski definition) is 5. The standard InChI is InChI=1S/C12H12ClN3O2S2/c13-9-4-2-1-3-8(9)7-19-5-6-20-11-10(17)14-12(18)16-15-11/h1-4H,5-7H2,(H2,14,16,17,18). The third-order valence-corrected chi connectivity index (χ3v) is 4.96. The van der Waals surface area contributed by atoms with Crippen LogP contribution < -0.4 is 11.2 Å². The molecule has 0 aliphatic carbocycles. The number of H-pyrrole nitrogens is 2. The number of aromatic nitrogens is 3. The SMILES string of the molecule is O=c1[nH]nc(SCCSCc2ccccc2Cl)c(=O)[nH]1. The normalized spacial score (nSPS) is 10.7. The van der Waals surface area contributed by atoms with E-state index in [9.17, 15) is 9.59 Å². The van der Waals surface area contributed by atoms with Crippen molar-refractivity contribution in [1.82, 2.24) is 15.2 Å². The molecule has 8 heteroatoms. The van der Waals surface area contributed by atoms with Crippen molar-refractivity contribution in [2.45, 2.75) is 10.8 Å². The van der Waals surface area contributed by atoms with Gasteiger partial charge in [-0.05, 0) is 11.6 Å². The maximum Gasteiger partial charge on any atom is 0.342 e. The molecule has 5 nitrogen and oxygen atoms in total. The van der Waals surface area contributed by atoms with Crippen LogP contribution in [0.4, 0.5) is 0 Å². The van der Waals surface area contributed by atoms with E-state index in [1.807, 2.05) is 24.3 Å². The summed E-state index contributed by atoms with van der Waals surface area (Å²) < 4.78 is 0. The molecule has 1 aromatic carbocycles. The molecule has 0 saturated heterocycles. The molecule has 0 fully saturated rings. The minimum absolute atomic E-state index is 0.281. The zero-order valence-electron chi connectivity index (χ0n) is 10.4. The quantitative estimate of drug-likeness (QED) is 0.627. The zero-order valence-corrected chi connectivity index (χ0v) is 12.8. The van der Waals surface area contributed by atoms with Gasteiger partial charge in [0.1, 0.15) is 0 Å². The second-order valence-electron chi connectivity index (χ2n) is 3.80. The van der Waals surface area contributed by atoms with Crippen LogP contribution in [0.25, 0.3) is 0 Å². The van der Waals surface area contributed by atoms with Crippen LogP contribution in [0.1, 0.15) is 5.56 Å². The topological polar surface area (TPSA) is 78.6 Å². The van der Waals surface area contributed by atoms with Gasteiger partial charge in [0.05, 0.1) is 0 Å². The van der Waals surface area contributed by atoms with Crippen LogP contribution in [0.3, 0.4) is 0 Å². The molecule has 106 valence electrons. The molecule has 2 rings (SSSR count). The molecule has 0 spiro atoms. The smallest absolute Gasteiger partial charge is 0.271 e. The highest BCUT2D eigenvalue weighted by Crippen LogP contribution is 2.21. The lowest BCUT2D eigenvalue weighted by Crippen LogP contribution is -2.25. The predicted molar refractivity (Wildman–Crippen MR) is 83.8 cm³/mol. The Morgan fingerprint density at radius 3 is 2.75 bits per heavy atom. The predicted octanol–water partition coefficient (Wildman–Crippen LogP) is 2.14. The molecule has 1 aromatic heterocycles. The lowest BCUT2D eigenvalue weighted by molar-refractivity contribution is 0.807. The van der Waals surface area contributed by atoms with Crippen LogP contribution in [0.15, 0.2) is 38.9 Å². The summed E-state index contributed by atoms with van der Waals surface area (Å²) in [6.07, 6.45) is 0. The highest BCUT2D eigenvalue weighted by Gasteiger charge is 2.03. The van der Waals surface area contributed by atoms with Crippen molar-refractivity contribution in [1.29, 1.82) is 0 Å². The molecule has 0 bridgehead atoms. The zero-order chi connectivity index (χ0) is 14.4. The Balaban J connectivity index is 1.76. The first kappa shape index (κ1) is 15.2. The Morgan fingerprint density at radius 1 is 1.20 bits per heavy atom. The summed E-state index contributed by atoms with van der Waals surface area (Å²) in [6.45, 7) is 0. The van der Waals surface area contributed by atoms with E-state index >= 15 is 0 Å². The van der Waals surface area contributed by atoms with E-state index in [0.717, 1.165) is 27.8 Å². The average Bonchev–Trinajstić information content (AvgIpc) is 2.42. The summed E-state index contributed by atoms with van der Waals surface area (Å²) in [5.41, 5.74) is 0.0616. The highest BCUT2D eigenvalue weighted by molar-refractivity contribution is 8.02. The van der Waals surface area contributed by atoms with Gasteiger partial charge in [0, 0.05) is 22.3 Å². The number of benzene rings is 1. The molecule has 0 atom stereocenters. The number of thioether (sulfide) groups is 2. The first-order chi connectivity index (χ1) is 9.66. The molecule has 2 aromatic rings. The van der Waals surface area contributed by atoms with E-state index in [1.54, 1.807) is 11.8 Å². The largest absolute Gasteiger partial charge is 0.342 e. The summed E-state index contributed by atoms with van der Waals surface area (Å²) in [4.78, 5) is 24.3. The van der Waals surface area contributed by atoms with E-state index in [4.69, 9.17) is 11.6 Å². The monoisotopic (exact) mass is 329 g/mol. The number of aromatic amines is 2. The maximum atomic E-state index is 11.4. The van der Waals surface area contributed by atoms with Gasteiger partial charge in [-0.3, -0.25) is 9.78 Å². The van der Waals surface area contributed by atoms with Crippen LogP contribution in [0.2, 0.25) is 5.02 Å². The Labute approximate surface area is 128 Å². The fourth-order valence-electron chi connectivity index (χ4n) is 1.43. The second-order valence-corrected chi connectivity index (χ2v) is 6.40. The van der Waals surface area contributed by atoms with Crippen molar-refractivity contribution in [2.24, 2.45) is 0 Å². The van der Waals surface area contributed by atoms with Gasteiger partial charge in [0.15, 0.2) is 5.03 Å². The van der Waals surface area contributed by atoms with E-state index in [1.165, 1.54) is 11.8 Å². The van der Waals surface area contributed by atoms with Gasteiger partial charge in [-0.2, -0.15) is 16.9 Å². The lowest BCUT2D eigenvalue weighted by Gasteiger charge is -2.03. The maximum absolute atomic E-state index is 11.4. The number of hydrogen-bond donors (Lipinski definition) is 2. The van der Waals surface area contributed by atoms with Crippen molar-refractivity contribution in [3.05, 3.63) is 55.7 Å². The van der Waals surface area contributed by atoms with E-state index in [2.05, 4.69) is 15.2 Å². The Bertz CT molecular complexity index is 687. The van der Waals surface area contributed by atoms with Gasteiger partial charge in [0.2, 0.25) is 0 Å². The summed E-state index contributed by atoms with van der Waals surface area (Å²) in [6, 6.07) is 7.73. The van der Waals surface area contributed by atoms with Crippen LogP contribution in [-0.4, -0.2) is 26.7 Å². The second kappa shape index (κ2) is 7.56. The van der Waals surface area contributed by atoms with Crippen molar-refractivity contribution in [3.63, 3.8) is 0 Å². The molecule has 0 aliphatic rings. The molecule has 0 radical (unpaired) electrons. The molecule has 0 aliphatic heterocycles. The van der Waals surface area contributed by atoms with Gasteiger partial charge in [-0.25, -0.2) is 9.89 Å². The number of rotatable bonds is 6. The van der Waals surface area contributed by atoms with Crippen molar-refractivity contribution < 1.29 is 0 Å². The Kier molecular flexibility index (Phi) is 5.75. The van der Waals surface area contributed by atoms with Crippen molar-refractivity contribution >= 4 is 35.1 Å². The summed E-state index contributed by atoms with van der Waals surface area (Å²) in [7, 11) is 0. The van der Waals surface area contributed by atoms with Gasteiger partial charge in [-0.1, -0.05) is 41.6 Å². The summed E-state index contributed by atoms with van der Waals surface area (Å²) >= 11 is 9.11. The van der Waals surface area contributed by atoms with Crippen LogP contribution in [-0.2, 0) is 5.75 Å². The van der Waals surface area contributed by atoms with Crippen LogP contribution in [0.5, 0.6) is 0 Å². The fourth-order valence-corrected chi connectivity index (χ4v) is 3.62. The Hall–Kier alpha value is -1.18. The number of halogens is 1. The fraction of sp³-hybridized carbons (Fsp3) is 0.250. The number of nitrogens with one attached hydrogen (secondary N) is 2. The summed E-state index contributed by atoms with van der Waals surface area (Å²) in [5, 5.41) is 6.96. The highest BCUT2D eigenvalue weighted by atomic mass is 35.5. The van der Waals surface area contributed by atoms with E-state index < -0.39 is 11.2 Å². The van der Waals surface area contributed by atoms with Gasteiger partial charge < -0.3 is 0 Å². The van der Waals surface area contributed by atoms with Crippen molar-refractivity contribution in [2.75, 3.05) is 11.5 Å². The van der Waals surface area contributed by atoms with Crippen molar-refractivity contribution in [3.8, 4) is 0 Å². The Morgan fingerprint density at radius 2 is 2.00 bits per heavy atom.